The predicted molar refractivity (Wildman–Crippen MR) is 85.4 cm³/mol. The van der Waals surface area contributed by atoms with Gasteiger partial charge < -0.3 is 0 Å². The molecule has 0 aromatic rings. The zero-order valence-electron chi connectivity index (χ0n) is 12.5. The predicted octanol–water partition coefficient (Wildman–Crippen LogP) is 4.35. The summed E-state index contributed by atoms with van der Waals surface area (Å²) in [5, 5.41) is 0. The average Bonchev–Trinajstić information content (AvgIpc) is 2.44. The third-order valence-corrected chi connectivity index (χ3v) is 3.67. The largest absolute Gasteiger partial charge is 0.283 e. The number of amides is 2. The van der Waals surface area contributed by atoms with Crippen molar-refractivity contribution in [3.8, 4) is 0 Å². The highest BCUT2D eigenvalue weighted by molar-refractivity contribution is 6.18. The van der Waals surface area contributed by atoms with Crippen molar-refractivity contribution in [3.05, 3.63) is 0 Å². The second-order valence-corrected chi connectivity index (χ2v) is 5.69. The Kier molecular flexibility index (Phi) is 13.5. The van der Waals surface area contributed by atoms with Crippen LogP contribution in [0.5, 0.6) is 0 Å². The first kappa shape index (κ1) is 19.7. The minimum atomic E-state index is -0.0536. The molecular formula is C15H27Cl2NO2. The molecule has 20 heavy (non-hydrogen) atoms. The molecule has 0 radical (unpaired) electrons. The molecule has 0 heterocycles. The maximum atomic E-state index is 12.1. The molecule has 0 aliphatic rings. The summed E-state index contributed by atoms with van der Waals surface area (Å²) >= 11 is 11.2. The topological polar surface area (TPSA) is 37.4 Å². The first-order valence-electron chi connectivity index (χ1n) is 7.62. The lowest BCUT2D eigenvalue weighted by molar-refractivity contribution is -0.145. The SMILES string of the molecule is CCCCCN(C(=O)CCCCCl)C(=O)CCCCCl. The summed E-state index contributed by atoms with van der Waals surface area (Å²) in [6.07, 6.45) is 6.98. The standard InChI is InChI=1S/C15H27Cl2NO2/c1-2-3-8-13-18(14(19)9-4-6-11-16)15(20)10-5-7-12-17/h2-13H2,1H3. The van der Waals surface area contributed by atoms with Gasteiger partial charge in [-0.15, -0.1) is 23.2 Å². The van der Waals surface area contributed by atoms with E-state index in [1.807, 2.05) is 0 Å². The minimum absolute atomic E-state index is 0.0536. The zero-order valence-corrected chi connectivity index (χ0v) is 14.0. The van der Waals surface area contributed by atoms with E-state index >= 15 is 0 Å². The number of hydrogen-bond donors (Lipinski definition) is 0. The quantitative estimate of drug-likeness (QED) is 0.395. The number of imide groups is 1. The molecule has 118 valence electrons. The molecule has 0 aromatic carbocycles. The monoisotopic (exact) mass is 323 g/mol. The van der Waals surface area contributed by atoms with Crippen molar-refractivity contribution in [2.45, 2.75) is 64.7 Å². The van der Waals surface area contributed by atoms with Crippen LogP contribution in [0.4, 0.5) is 0 Å². The summed E-state index contributed by atoms with van der Waals surface area (Å²) in [7, 11) is 0. The van der Waals surface area contributed by atoms with Gasteiger partial charge in [0.05, 0.1) is 0 Å². The van der Waals surface area contributed by atoms with Crippen LogP contribution in [0.3, 0.4) is 0 Å². The normalized spacial score (nSPS) is 10.6. The van der Waals surface area contributed by atoms with Crippen molar-refractivity contribution >= 4 is 35.0 Å². The van der Waals surface area contributed by atoms with E-state index in [1.54, 1.807) is 0 Å². The second-order valence-electron chi connectivity index (χ2n) is 4.94. The summed E-state index contributed by atoms with van der Waals surface area (Å²) in [6, 6.07) is 0. The molecule has 0 atom stereocenters. The van der Waals surface area contributed by atoms with Gasteiger partial charge in [0.25, 0.3) is 0 Å². The molecular weight excluding hydrogens is 297 g/mol. The van der Waals surface area contributed by atoms with Crippen molar-refractivity contribution in [1.29, 1.82) is 0 Å². The summed E-state index contributed by atoms with van der Waals surface area (Å²) in [6.45, 7) is 2.65. The van der Waals surface area contributed by atoms with E-state index < -0.39 is 0 Å². The third-order valence-electron chi connectivity index (χ3n) is 3.14. The molecule has 0 aliphatic heterocycles. The van der Waals surface area contributed by atoms with Gasteiger partial charge >= 0.3 is 0 Å². The lowest BCUT2D eigenvalue weighted by Crippen LogP contribution is -2.37. The zero-order chi connectivity index (χ0) is 15.2. The van der Waals surface area contributed by atoms with Gasteiger partial charge in [0, 0.05) is 31.1 Å². The Morgan fingerprint density at radius 1 is 0.800 bits per heavy atom. The van der Waals surface area contributed by atoms with Crippen molar-refractivity contribution in [1.82, 2.24) is 4.90 Å². The van der Waals surface area contributed by atoms with Crippen LogP contribution >= 0.6 is 23.2 Å². The fourth-order valence-electron chi connectivity index (χ4n) is 1.92. The number of unbranched alkanes of at least 4 members (excludes halogenated alkanes) is 4. The van der Waals surface area contributed by atoms with Crippen molar-refractivity contribution < 1.29 is 9.59 Å². The Labute approximate surface area is 133 Å². The molecule has 0 saturated carbocycles. The van der Waals surface area contributed by atoms with Gasteiger partial charge in [0.1, 0.15) is 0 Å². The number of halogens is 2. The van der Waals surface area contributed by atoms with Crippen molar-refractivity contribution in [2.75, 3.05) is 18.3 Å². The molecule has 2 amide bonds. The van der Waals surface area contributed by atoms with Crippen LogP contribution in [0.1, 0.15) is 64.7 Å². The van der Waals surface area contributed by atoms with Gasteiger partial charge in [-0.2, -0.15) is 0 Å². The molecule has 0 aliphatic carbocycles. The van der Waals surface area contributed by atoms with Crippen molar-refractivity contribution in [2.24, 2.45) is 0 Å². The highest BCUT2D eigenvalue weighted by atomic mass is 35.5. The second kappa shape index (κ2) is 13.7. The van der Waals surface area contributed by atoms with Crippen LogP contribution in [-0.2, 0) is 9.59 Å². The maximum absolute atomic E-state index is 12.1. The minimum Gasteiger partial charge on any atom is -0.283 e. The Morgan fingerprint density at radius 2 is 1.30 bits per heavy atom. The summed E-state index contributed by atoms with van der Waals surface area (Å²) in [4.78, 5) is 25.7. The van der Waals surface area contributed by atoms with Crippen LogP contribution < -0.4 is 0 Å². The third kappa shape index (κ3) is 9.60. The number of carbonyl (C=O) groups is 2. The number of nitrogens with zero attached hydrogens (tertiary/aromatic N) is 1. The van der Waals surface area contributed by atoms with E-state index in [1.165, 1.54) is 4.90 Å². The molecule has 0 spiro atoms. The molecule has 0 rings (SSSR count). The van der Waals surface area contributed by atoms with E-state index in [0.29, 0.717) is 31.1 Å². The number of alkyl halides is 2. The molecule has 0 N–H and O–H groups in total. The summed E-state index contributed by atoms with van der Waals surface area (Å²) < 4.78 is 0. The average molecular weight is 324 g/mol. The van der Waals surface area contributed by atoms with Crippen LogP contribution in [0.15, 0.2) is 0 Å². The Balaban J connectivity index is 4.29. The van der Waals surface area contributed by atoms with Gasteiger partial charge in [-0.1, -0.05) is 19.8 Å². The smallest absolute Gasteiger partial charge is 0.229 e. The van der Waals surface area contributed by atoms with Gasteiger partial charge in [-0.3, -0.25) is 14.5 Å². The van der Waals surface area contributed by atoms with E-state index in [-0.39, 0.29) is 11.8 Å². The molecule has 0 bridgehead atoms. The summed E-state index contributed by atoms with van der Waals surface area (Å²) in [5.74, 6) is 1.02. The first-order chi connectivity index (χ1) is 9.67. The lowest BCUT2D eigenvalue weighted by atomic mass is 10.1. The molecule has 0 aromatic heterocycles. The van der Waals surface area contributed by atoms with E-state index in [9.17, 15) is 9.59 Å². The van der Waals surface area contributed by atoms with Gasteiger partial charge in [0.2, 0.25) is 11.8 Å². The van der Waals surface area contributed by atoms with E-state index in [2.05, 4.69) is 6.92 Å². The fraction of sp³-hybridized carbons (Fsp3) is 0.867. The molecule has 0 fully saturated rings. The number of hydrogen-bond acceptors (Lipinski definition) is 2. The molecule has 0 unspecified atom stereocenters. The maximum Gasteiger partial charge on any atom is 0.229 e. The first-order valence-corrected chi connectivity index (χ1v) is 8.69. The molecule has 5 heteroatoms. The highest BCUT2D eigenvalue weighted by Gasteiger charge is 2.19. The molecule has 3 nitrogen and oxygen atoms in total. The Morgan fingerprint density at radius 3 is 1.70 bits per heavy atom. The van der Waals surface area contributed by atoms with Crippen LogP contribution in [-0.4, -0.2) is 35.0 Å². The number of rotatable bonds is 12. The van der Waals surface area contributed by atoms with Crippen molar-refractivity contribution in [3.63, 3.8) is 0 Å². The van der Waals surface area contributed by atoms with Crippen LogP contribution in [0, 0.1) is 0 Å². The molecule has 0 saturated heterocycles. The van der Waals surface area contributed by atoms with Crippen LogP contribution in [0.2, 0.25) is 0 Å². The van der Waals surface area contributed by atoms with Crippen LogP contribution in [0.25, 0.3) is 0 Å². The van der Waals surface area contributed by atoms with Gasteiger partial charge in [-0.25, -0.2) is 0 Å². The number of carbonyl (C=O) groups excluding carboxylic acids is 2. The highest BCUT2D eigenvalue weighted by Crippen LogP contribution is 2.09. The van der Waals surface area contributed by atoms with Gasteiger partial charge in [0.15, 0.2) is 0 Å². The Bertz CT molecular complexity index is 251. The fourth-order valence-corrected chi connectivity index (χ4v) is 2.30. The van der Waals surface area contributed by atoms with Gasteiger partial charge in [-0.05, 0) is 32.1 Å². The lowest BCUT2D eigenvalue weighted by Gasteiger charge is -2.21. The summed E-state index contributed by atoms with van der Waals surface area (Å²) in [5.41, 5.74) is 0. The van der Waals surface area contributed by atoms with E-state index in [4.69, 9.17) is 23.2 Å². The van der Waals surface area contributed by atoms with E-state index in [0.717, 1.165) is 44.9 Å². The Hall–Kier alpha value is -0.280.